The molecule has 0 saturated carbocycles. The van der Waals surface area contributed by atoms with Gasteiger partial charge >= 0.3 is 0 Å². The highest BCUT2D eigenvalue weighted by atomic mass is 16.5. The Morgan fingerprint density at radius 1 is 1.27 bits per heavy atom. The van der Waals surface area contributed by atoms with Gasteiger partial charge in [-0.1, -0.05) is 26.8 Å². The van der Waals surface area contributed by atoms with E-state index in [1.807, 2.05) is 20.8 Å². The summed E-state index contributed by atoms with van der Waals surface area (Å²) in [6, 6.07) is 3.27. The third-order valence-electron chi connectivity index (χ3n) is 2.21. The Bertz CT molecular complexity index is 332. The molecular formula is C12H18O3. The van der Waals surface area contributed by atoms with E-state index < -0.39 is 0 Å². The van der Waals surface area contributed by atoms with Crippen molar-refractivity contribution >= 4 is 0 Å². The second kappa shape index (κ2) is 4.91. The minimum absolute atomic E-state index is 0.134. The number of hydrogen-bond acceptors (Lipinski definition) is 3. The van der Waals surface area contributed by atoms with Crippen molar-refractivity contribution in [1.29, 1.82) is 0 Å². The quantitative estimate of drug-likeness (QED) is 0.751. The minimum atomic E-state index is -0.158. The highest BCUT2D eigenvalue weighted by Gasteiger charge is 2.15. The predicted molar refractivity (Wildman–Crippen MR) is 59.6 cm³/mol. The fraction of sp³-hybridized carbons (Fsp3) is 0.500. The molecule has 1 aromatic rings. The van der Waals surface area contributed by atoms with E-state index in [1.165, 1.54) is 6.07 Å². The van der Waals surface area contributed by atoms with Gasteiger partial charge in [0, 0.05) is 5.56 Å². The van der Waals surface area contributed by atoms with Gasteiger partial charge in [0.05, 0.1) is 6.61 Å². The van der Waals surface area contributed by atoms with E-state index in [4.69, 9.17) is 4.74 Å². The first-order chi connectivity index (χ1) is 7.07. The SMILES string of the molecule is CCCOc1c(C(C)C)ccc(O)c1O. The maximum atomic E-state index is 9.68. The summed E-state index contributed by atoms with van der Waals surface area (Å²) in [5.41, 5.74) is 0.916. The van der Waals surface area contributed by atoms with Crippen molar-refractivity contribution in [2.24, 2.45) is 0 Å². The van der Waals surface area contributed by atoms with E-state index in [0.717, 1.165) is 12.0 Å². The molecule has 0 aromatic heterocycles. The van der Waals surface area contributed by atoms with Crippen LogP contribution in [0.15, 0.2) is 12.1 Å². The van der Waals surface area contributed by atoms with Crippen LogP contribution in [-0.2, 0) is 0 Å². The van der Waals surface area contributed by atoms with Crippen molar-refractivity contribution in [3.63, 3.8) is 0 Å². The average Bonchev–Trinajstić information content (AvgIpc) is 2.19. The summed E-state index contributed by atoms with van der Waals surface area (Å²) in [6.07, 6.45) is 0.868. The molecule has 0 heterocycles. The molecule has 0 fully saturated rings. The van der Waals surface area contributed by atoms with E-state index in [9.17, 15) is 10.2 Å². The predicted octanol–water partition coefficient (Wildman–Crippen LogP) is 3.01. The van der Waals surface area contributed by atoms with E-state index in [0.29, 0.717) is 12.4 Å². The standard InChI is InChI=1S/C12H18O3/c1-4-7-15-12-9(8(2)3)5-6-10(13)11(12)14/h5-6,8,13-14H,4,7H2,1-3H3. The Morgan fingerprint density at radius 2 is 1.93 bits per heavy atom. The second-order valence-electron chi connectivity index (χ2n) is 3.85. The topological polar surface area (TPSA) is 49.7 Å². The number of benzene rings is 1. The Balaban J connectivity index is 3.10. The number of ether oxygens (including phenoxy) is 1. The molecule has 0 bridgehead atoms. The highest BCUT2D eigenvalue weighted by molar-refractivity contribution is 5.54. The van der Waals surface area contributed by atoms with Gasteiger partial charge in [0.2, 0.25) is 5.75 Å². The molecular weight excluding hydrogens is 192 g/mol. The molecule has 2 N–H and O–H groups in total. The van der Waals surface area contributed by atoms with Crippen LogP contribution in [0.1, 0.15) is 38.7 Å². The number of hydrogen-bond donors (Lipinski definition) is 2. The first kappa shape index (κ1) is 11.7. The molecule has 0 unspecified atom stereocenters. The van der Waals surface area contributed by atoms with Crippen LogP contribution >= 0.6 is 0 Å². The van der Waals surface area contributed by atoms with Gasteiger partial charge in [-0.15, -0.1) is 0 Å². The lowest BCUT2D eigenvalue weighted by Crippen LogP contribution is -2.00. The number of phenolic OH excluding ortho intramolecular Hbond substituents is 2. The molecule has 0 aliphatic carbocycles. The van der Waals surface area contributed by atoms with Crippen LogP contribution in [0.2, 0.25) is 0 Å². The zero-order valence-electron chi connectivity index (χ0n) is 9.45. The summed E-state index contributed by atoms with van der Waals surface area (Å²) in [7, 11) is 0. The molecule has 3 nitrogen and oxygen atoms in total. The molecule has 0 aliphatic heterocycles. The Kier molecular flexibility index (Phi) is 3.83. The third-order valence-corrected chi connectivity index (χ3v) is 2.21. The first-order valence-electron chi connectivity index (χ1n) is 5.25. The third kappa shape index (κ3) is 2.55. The van der Waals surface area contributed by atoms with Gasteiger partial charge in [0.25, 0.3) is 0 Å². The van der Waals surface area contributed by atoms with Crippen molar-refractivity contribution in [3.8, 4) is 17.2 Å². The zero-order chi connectivity index (χ0) is 11.4. The van der Waals surface area contributed by atoms with Gasteiger partial charge in [-0.2, -0.15) is 0 Å². The number of aromatic hydroxyl groups is 2. The van der Waals surface area contributed by atoms with Gasteiger partial charge in [0.1, 0.15) is 0 Å². The Morgan fingerprint density at radius 3 is 2.47 bits per heavy atom. The Hall–Kier alpha value is -1.38. The molecule has 0 radical (unpaired) electrons. The van der Waals surface area contributed by atoms with Crippen LogP contribution in [0, 0.1) is 0 Å². The van der Waals surface area contributed by atoms with E-state index >= 15 is 0 Å². The van der Waals surface area contributed by atoms with Crippen LogP contribution in [0.25, 0.3) is 0 Å². The van der Waals surface area contributed by atoms with Crippen molar-refractivity contribution < 1.29 is 14.9 Å². The van der Waals surface area contributed by atoms with Crippen LogP contribution in [0.3, 0.4) is 0 Å². The van der Waals surface area contributed by atoms with E-state index in [-0.39, 0.29) is 17.4 Å². The molecule has 0 spiro atoms. The van der Waals surface area contributed by atoms with Gasteiger partial charge in [-0.25, -0.2) is 0 Å². The van der Waals surface area contributed by atoms with Gasteiger partial charge in [0.15, 0.2) is 11.5 Å². The molecule has 1 rings (SSSR count). The van der Waals surface area contributed by atoms with Crippen LogP contribution in [-0.4, -0.2) is 16.8 Å². The number of rotatable bonds is 4. The lowest BCUT2D eigenvalue weighted by Gasteiger charge is -2.15. The van der Waals surface area contributed by atoms with Crippen molar-refractivity contribution in [2.45, 2.75) is 33.1 Å². The fourth-order valence-corrected chi connectivity index (χ4v) is 1.39. The largest absolute Gasteiger partial charge is 0.504 e. The summed E-state index contributed by atoms with van der Waals surface area (Å²) in [6.45, 7) is 6.57. The van der Waals surface area contributed by atoms with Gasteiger partial charge < -0.3 is 14.9 Å². The summed E-state index contributed by atoms with van der Waals surface area (Å²) in [5.74, 6) is 0.371. The van der Waals surface area contributed by atoms with Crippen LogP contribution < -0.4 is 4.74 Å². The van der Waals surface area contributed by atoms with Crippen molar-refractivity contribution in [3.05, 3.63) is 17.7 Å². The molecule has 0 aliphatic rings. The Labute approximate surface area is 90.3 Å². The van der Waals surface area contributed by atoms with Gasteiger partial charge in [-0.05, 0) is 18.4 Å². The summed E-state index contributed by atoms with van der Waals surface area (Å²) < 4.78 is 5.45. The fourth-order valence-electron chi connectivity index (χ4n) is 1.39. The monoisotopic (exact) mass is 210 g/mol. The van der Waals surface area contributed by atoms with Crippen molar-refractivity contribution in [2.75, 3.05) is 6.61 Å². The van der Waals surface area contributed by atoms with Crippen molar-refractivity contribution in [1.82, 2.24) is 0 Å². The van der Waals surface area contributed by atoms with E-state index in [1.54, 1.807) is 6.07 Å². The lowest BCUT2D eigenvalue weighted by molar-refractivity contribution is 0.288. The molecule has 3 heteroatoms. The molecule has 15 heavy (non-hydrogen) atoms. The summed E-state index contributed by atoms with van der Waals surface area (Å²) >= 11 is 0. The molecule has 0 saturated heterocycles. The second-order valence-corrected chi connectivity index (χ2v) is 3.85. The summed E-state index contributed by atoms with van der Waals surface area (Å²) in [4.78, 5) is 0. The molecule has 1 aromatic carbocycles. The lowest BCUT2D eigenvalue weighted by atomic mass is 10.0. The first-order valence-corrected chi connectivity index (χ1v) is 5.25. The molecule has 84 valence electrons. The smallest absolute Gasteiger partial charge is 0.200 e. The van der Waals surface area contributed by atoms with Gasteiger partial charge in [-0.3, -0.25) is 0 Å². The molecule has 0 amide bonds. The molecule has 0 atom stereocenters. The van der Waals surface area contributed by atoms with Crippen LogP contribution in [0.5, 0.6) is 17.2 Å². The highest BCUT2D eigenvalue weighted by Crippen LogP contribution is 2.41. The average molecular weight is 210 g/mol. The normalized spacial score (nSPS) is 10.7. The van der Waals surface area contributed by atoms with E-state index in [2.05, 4.69) is 0 Å². The van der Waals surface area contributed by atoms with Crippen LogP contribution in [0.4, 0.5) is 0 Å². The maximum absolute atomic E-state index is 9.68. The zero-order valence-corrected chi connectivity index (χ0v) is 9.45. The number of phenols is 2. The summed E-state index contributed by atoms with van der Waals surface area (Å²) in [5, 5.41) is 19.1. The minimum Gasteiger partial charge on any atom is -0.504 e. The maximum Gasteiger partial charge on any atom is 0.200 e.